The van der Waals surface area contributed by atoms with Gasteiger partial charge in [0.2, 0.25) is 10.0 Å². The van der Waals surface area contributed by atoms with Crippen molar-refractivity contribution in [3.05, 3.63) is 41.3 Å². The van der Waals surface area contributed by atoms with E-state index in [1.54, 1.807) is 25.6 Å². The van der Waals surface area contributed by atoms with Crippen LogP contribution in [0.4, 0.5) is 0 Å². The molecule has 5 nitrogen and oxygen atoms in total. The third kappa shape index (κ3) is 3.87. The summed E-state index contributed by atoms with van der Waals surface area (Å²) in [5.41, 5.74) is 1.47. The third-order valence-corrected chi connectivity index (χ3v) is 5.55. The molecule has 0 radical (unpaired) electrons. The summed E-state index contributed by atoms with van der Waals surface area (Å²) in [6, 6.07) is 8.08. The number of nitrogens with zero attached hydrogens (tertiary/aromatic N) is 1. The molecule has 1 aromatic heterocycles. The van der Waals surface area contributed by atoms with Crippen molar-refractivity contribution in [2.75, 3.05) is 12.8 Å². The Morgan fingerprint density at radius 3 is 2.43 bits per heavy atom. The van der Waals surface area contributed by atoms with Crippen molar-refractivity contribution < 1.29 is 12.9 Å². The van der Waals surface area contributed by atoms with Crippen LogP contribution in [0.3, 0.4) is 0 Å². The number of nitrogens with one attached hydrogen (secondary N) is 1. The van der Waals surface area contributed by atoms with Crippen LogP contribution >= 0.6 is 11.8 Å². The molecule has 0 spiro atoms. The molecule has 0 amide bonds. The first-order valence-electron chi connectivity index (χ1n) is 6.49. The van der Waals surface area contributed by atoms with E-state index in [0.717, 1.165) is 5.56 Å². The van der Waals surface area contributed by atoms with Crippen molar-refractivity contribution in [3.63, 3.8) is 0 Å². The van der Waals surface area contributed by atoms with Gasteiger partial charge in [-0.05, 0) is 44.2 Å². The molecule has 0 atom stereocenters. The fraction of sp³-hybridized carbons (Fsp3) is 0.357. The van der Waals surface area contributed by atoms with Crippen LogP contribution in [0.1, 0.15) is 17.0 Å². The number of hydrogen-bond donors (Lipinski definition) is 1. The molecule has 21 heavy (non-hydrogen) atoms. The summed E-state index contributed by atoms with van der Waals surface area (Å²) < 4.78 is 31.9. The molecular formula is C14H18N2O3S2. The van der Waals surface area contributed by atoms with Crippen LogP contribution in [0, 0.1) is 13.8 Å². The Balaban J connectivity index is 1.99. The van der Waals surface area contributed by atoms with Gasteiger partial charge in [-0.15, -0.1) is 11.8 Å². The lowest BCUT2D eigenvalue weighted by Crippen LogP contribution is -2.26. The summed E-state index contributed by atoms with van der Waals surface area (Å²) in [5, 5.41) is 3.67. The first kappa shape index (κ1) is 16.1. The average molecular weight is 326 g/mol. The smallest absolute Gasteiger partial charge is 0.245 e. The van der Waals surface area contributed by atoms with Crippen molar-refractivity contribution in [2.45, 2.75) is 30.1 Å². The minimum Gasteiger partial charge on any atom is -0.360 e. The lowest BCUT2D eigenvalue weighted by atomic mass is 10.2. The number of hydrogen-bond acceptors (Lipinski definition) is 5. The summed E-state index contributed by atoms with van der Waals surface area (Å²) in [4.78, 5) is 1.33. The van der Waals surface area contributed by atoms with Crippen molar-refractivity contribution in [1.29, 1.82) is 0 Å². The summed E-state index contributed by atoms with van der Waals surface area (Å²) in [5.74, 6) is 0.310. The maximum Gasteiger partial charge on any atom is 0.245 e. The third-order valence-electron chi connectivity index (χ3n) is 3.10. The maximum absolute atomic E-state index is 12.2. The van der Waals surface area contributed by atoms with Crippen LogP contribution in [-0.2, 0) is 16.4 Å². The molecular weight excluding hydrogens is 308 g/mol. The topological polar surface area (TPSA) is 72.2 Å². The molecule has 0 aliphatic heterocycles. The molecule has 7 heteroatoms. The van der Waals surface area contributed by atoms with Crippen LogP contribution in [0.15, 0.2) is 38.6 Å². The zero-order valence-corrected chi connectivity index (χ0v) is 13.8. The van der Waals surface area contributed by atoms with Crippen molar-refractivity contribution in [2.24, 2.45) is 0 Å². The van der Waals surface area contributed by atoms with Crippen LogP contribution in [0.25, 0.3) is 0 Å². The molecule has 0 saturated carbocycles. The first-order valence-corrected chi connectivity index (χ1v) is 9.20. The Morgan fingerprint density at radius 2 is 1.90 bits per heavy atom. The molecule has 0 unspecified atom stereocenters. The van der Waals surface area contributed by atoms with Crippen molar-refractivity contribution >= 4 is 21.8 Å². The van der Waals surface area contributed by atoms with E-state index in [2.05, 4.69) is 9.88 Å². The van der Waals surface area contributed by atoms with Gasteiger partial charge in [0.1, 0.15) is 10.6 Å². The van der Waals surface area contributed by atoms with Gasteiger partial charge in [0.15, 0.2) is 5.76 Å². The Hall–Kier alpha value is -1.31. The van der Waals surface area contributed by atoms with E-state index < -0.39 is 10.0 Å². The number of aryl methyl sites for hydroxylation is 2. The number of aromatic nitrogens is 1. The molecule has 2 rings (SSSR count). The van der Waals surface area contributed by atoms with E-state index in [9.17, 15) is 8.42 Å². The van der Waals surface area contributed by atoms with Gasteiger partial charge >= 0.3 is 0 Å². The predicted octanol–water partition coefficient (Wildman–Crippen LogP) is 2.53. The van der Waals surface area contributed by atoms with Crippen LogP contribution in [-0.4, -0.2) is 26.4 Å². The normalized spacial score (nSPS) is 11.8. The number of sulfonamides is 1. The molecule has 0 fully saturated rings. The van der Waals surface area contributed by atoms with Crippen LogP contribution < -0.4 is 4.72 Å². The van der Waals surface area contributed by atoms with Crippen LogP contribution in [0.5, 0.6) is 0 Å². The summed E-state index contributed by atoms with van der Waals surface area (Å²) >= 11 is 1.68. The molecule has 2 aromatic rings. The second kappa shape index (κ2) is 6.64. The highest BCUT2D eigenvalue weighted by Crippen LogP contribution is 2.18. The van der Waals surface area contributed by atoms with E-state index in [1.165, 1.54) is 4.90 Å². The highest BCUT2D eigenvalue weighted by Gasteiger charge is 2.23. The SMILES string of the molecule is CSc1ccc(CCNS(=O)(=O)c2c(C)noc2C)cc1. The lowest BCUT2D eigenvalue weighted by molar-refractivity contribution is 0.390. The highest BCUT2D eigenvalue weighted by molar-refractivity contribution is 7.98. The number of benzene rings is 1. The molecule has 1 heterocycles. The van der Waals surface area contributed by atoms with E-state index in [1.807, 2.05) is 30.5 Å². The standard InChI is InChI=1S/C14H18N2O3S2/c1-10-14(11(2)19-16-10)21(17,18)15-9-8-12-4-6-13(20-3)7-5-12/h4-7,15H,8-9H2,1-3H3. The average Bonchev–Trinajstić information content (AvgIpc) is 2.79. The summed E-state index contributed by atoms with van der Waals surface area (Å²) in [6.45, 7) is 3.55. The molecule has 1 N–H and O–H groups in total. The van der Waals surface area contributed by atoms with Gasteiger partial charge in [0.25, 0.3) is 0 Å². The van der Waals surface area contributed by atoms with Gasteiger partial charge in [-0.2, -0.15) is 0 Å². The van der Waals surface area contributed by atoms with E-state index >= 15 is 0 Å². The van der Waals surface area contributed by atoms with E-state index in [0.29, 0.717) is 24.4 Å². The Kier molecular flexibility index (Phi) is 5.08. The Morgan fingerprint density at radius 1 is 1.24 bits per heavy atom. The molecule has 0 aliphatic carbocycles. The van der Waals surface area contributed by atoms with Gasteiger partial charge in [0.05, 0.1) is 0 Å². The second-order valence-electron chi connectivity index (χ2n) is 4.65. The second-order valence-corrected chi connectivity index (χ2v) is 7.23. The molecule has 1 aromatic carbocycles. The van der Waals surface area contributed by atoms with Gasteiger partial charge < -0.3 is 4.52 Å². The van der Waals surface area contributed by atoms with Crippen LogP contribution in [0.2, 0.25) is 0 Å². The fourth-order valence-corrected chi connectivity index (χ4v) is 3.82. The zero-order valence-electron chi connectivity index (χ0n) is 12.2. The zero-order chi connectivity index (χ0) is 15.5. The molecule has 0 saturated heterocycles. The minimum absolute atomic E-state index is 0.139. The summed E-state index contributed by atoms with van der Waals surface area (Å²) in [7, 11) is -3.57. The largest absolute Gasteiger partial charge is 0.360 e. The molecule has 0 bridgehead atoms. The van der Waals surface area contributed by atoms with E-state index in [4.69, 9.17) is 4.52 Å². The minimum atomic E-state index is -3.57. The van der Waals surface area contributed by atoms with Gasteiger partial charge in [-0.25, -0.2) is 13.1 Å². The lowest BCUT2D eigenvalue weighted by Gasteiger charge is -2.06. The Bertz CT molecular complexity index is 687. The quantitative estimate of drug-likeness (QED) is 0.826. The monoisotopic (exact) mass is 326 g/mol. The first-order chi connectivity index (χ1) is 9.94. The number of thioether (sulfide) groups is 1. The molecule has 0 aliphatic rings. The van der Waals surface area contributed by atoms with Crippen molar-refractivity contribution in [3.8, 4) is 0 Å². The van der Waals surface area contributed by atoms with Crippen molar-refractivity contribution in [1.82, 2.24) is 9.88 Å². The predicted molar refractivity (Wildman–Crippen MR) is 83.1 cm³/mol. The van der Waals surface area contributed by atoms with E-state index in [-0.39, 0.29) is 4.90 Å². The summed E-state index contributed by atoms with van der Waals surface area (Å²) in [6.07, 6.45) is 2.66. The molecule has 114 valence electrons. The Labute approximate surface area is 129 Å². The number of rotatable bonds is 6. The van der Waals surface area contributed by atoms with Gasteiger partial charge in [-0.1, -0.05) is 17.3 Å². The maximum atomic E-state index is 12.2. The highest BCUT2D eigenvalue weighted by atomic mass is 32.2. The van der Waals surface area contributed by atoms with Gasteiger partial charge in [-0.3, -0.25) is 0 Å². The fourth-order valence-electron chi connectivity index (χ4n) is 2.05. The van der Waals surface area contributed by atoms with Gasteiger partial charge in [0, 0.05) is 11.4 Å².